The fourth-order valence-electron chi connectivity index (χ4n) is 1.22. The first-order valence-corrected chi connectivity index (χ1v) is 6.12. The molecule has 0 aromatic heterocycles. The number of nitrogens with two attached hydrogens (primary N) is 1. The minimum Gasteiger partial charge on any atom is -0.497 e. The van der Waals surface area contributed by atoms with Gasteiger partial charge < -0.3 is 15.8 Å². The van der Waals surface area contributed by atoms with Crippen LogP contribution in [0.3, 0.4) is 0 Å². The standard InChI is InChI=1S/C12H16N2OS/c1-3-7-16-8-6-14-12-5-4-10(15-2)9-11(12)13/h1,4-5,9,14H,6-8,13H2,2H3. The van der Waals surface area contributed by atoms with E-state index in [4.69, 9.17) is 16.9 Å². The van der Waals surface area contributed by atoms with Gasteiger partial charge in [0.15, 0.2) is 0 Å². The highest BCUT2D eigenvalue weighted by atomic mass is 32.2. The highest BCUT2D eigenvalue weighted by Gasteiger charge is 1.99. The van der Waals surface area contributed by atoms with Gasteiger partial charge in [-0.15, -0.1) is 18.2 Å². The zero-order valence-corrected chi connectivity index (χ0v) is 10.1. The van der Waals surface area contributed by atoms with Crippen LogP contribution in [-0.2, 0) is 0 Å². The van der Waals surface area contributed by atoms with Gasteiger partial charge in [-0.1, -0.05) is 5.92 Å². The first kappa shape index (κ1) is 12.6. The lowest BCUT2D eigenvalue weighted by atomic mass is 10.2. The molecule has 1 aromatic rings. The van der Waals surface area contributed by atoms with Crippen LogP contribution in [0.5, 0.6) is 5.75 Å². The fraction of sp³-hybridized carbons (Fsp3) is 0.333. The van der Waals surface area contributed by atoms with Crippen molar-refractivity contribution in [2.24, 2.45) is 0 Å². The van der Waals surface area contributed by atoms with Gasteiger partial charge in [0.05, 0.1) is 24.2 Å². The average molecular weight is 236 g/mol. The summed E-state index contributed by atoms with van der Waals surface area (Å²) in [7, 11) is 1.62. The van der Waals surface area contributed by atoms with Gasteiger partial charge in [-0.25, -0.2) is 0 Å². The van der Waals surface area contributed by atoms with Crippen molar-refractivity contribution >= 4 is 23.1 Å². The van der Waals surface area contributed by atoms with E-state index in [-0.39, 0.29) is 0 Å². The number of anilines is 2. The van der Waals surface area contributed by atoms with Gasteiger partial charge in [-0.05, 0) is 12.1 Å². The van der Waals surface area contributed by atoms with Crippen LogP contribution in [-0.4, -0.2) is 25.2 Å². The van der Waals surface area contributed by atoms with Crippen molar-refractivity contribution in [1.29, 1.82) is 0 Å². The van der Waals surface area contributed by atoms with Crippen molar-refractivity contribution < 1.29 is 4.74 Å². The molecule has 4 heteroatoms. The molecule has 0 aliphatic rings. The lowest BCUT2D eigenvalue weighted by Crippen LogP contribution is -2.06. The van der Waals surface area contributed by atoms with Crippen LogP contribution in [0.4, 0.5) is 11.4 Å². The zero-order chi connectivity index (χ0) is 11.8. The van der Waals surface area contributed by atoms with Crippen LogP contribution in [0.25, 0.3) is 0 Å². The van der Waals surface area contributed by atoms with E-state index >= 15 is 0 Å². The molecule has 0 bridgehead atoms. The number of benzene rings is 1. The smallest absolute Gasteiger partial charge is 0.121 e. The summed E-state index contributed by atoms with van der Waals surface area (Å²) in [5.74, 6) is 5.07. The van der Waals surface area contributed by atoms with E-state index in [9.17, 15) is 0 Å². The number of thioether (sulfide) groups is 1. The monoisotopic (exact) mass is 236 g/mol. The summed E-state index contributed by atoms with van der Waals surface area (Å²) < 4.78 is 5.07. The molecule has 0 radical (unpaired) electrons. The van der Waals surface area contributed by atoms with Crippen molar-refractivity contribution in [1.82, 2.24) is 0 Å². The number of hydrogen-bond donors (Lipinski definition) is 2. The summed E-state index contributed by atoms with van der Waals surface area (Å²) in [4.78, 5) is 0. The van der Waals surface area contributed by atoms with E-state index < -0.39 is 0 Å². The first-order chi connectivity index (χ1) is 7.77. The van der Waals surface area contributed by atoms with Crippen LogP contribution in [0.1, 0.15) is 0 Å². The Morgan fingerprint density at radius 1 is 1.56 bits per heavy atom. The third-order valence-electron chi connectivity index (χ3n) is 2.01. The van der Waals surface area contributed by atoms with E-state index in [1.54, 1.807) is 24.9 Å². The predicted octanol–water partition coefficient (Wildman–Crippen LogP) is 2.06. The molecular formula is C12H16N2OS. The molecule has 0 saturated heterocycles. The second-order valence-corrected chi connectivity index (χ2v) is 4.24. The molecule has 0 unspecified atom stereocenters. The normalized spacial score (nSPS) is 9.50. The summed E-state index contributed by atoms with van der Waals surface area (Å²) in [6.07, 6.45) is 5.15. The van der Waals surface area contributed by atoms with Gasteiger partial charge in [0.2, 0.25) is 0 Å². The Labute approximate surface area is 101 Å². The minimum absolute atomic E-state index is 0.696. The van der Waals surface area contributed by atoms with Gasteiger partial charge in [-0.3, -0.25) is 0 Å². The molecule has 1 aromatic carbocycles. The van der Waals surface area contributed by atoms with Gasteiger partial charge in [-0.2, -0.15) is 0 Å². The maximum atomic E-state index is 5.86. The van der Waals surface area contributed by atoms with Gasteiger partial charge in [0, 0.05) is 18.4 Å². The molecule has 0 fully saturated rings. The molecular weight excluding hydrogens is 220 g/mol. The molecule has 0 aliphatic heterocycles. The minimum atomic E-state index is 0.696. The molecule has 1 rings (SSSR count). The Hall–Kier alpha value is -1.47. The highest BCUT2D eigenvalue weighted by Crippen LogP contribution is 2.23. The molecule has 0 aliphatic carbocycles. The molecule has 3 nitrogen and oxygen atoms in total. The van der Waals surface area contributed by atoms with Gasteiger partial charge in [0.1, 0.15) is 5.75 Å². The fourth-order valence-corrected chi connectivity index (χ4v) is 1.73. The summed E-state index contributed by atoms with van der Waals surface area (Å²) in [5, 5.41) is 3.25. The number of rotatable bonds is 6. The summed E-state index contributed by atoms with van der Waals surface area (Å²) >= 11 is 1.72. The van der Waals surface area contributed by atoms with E-state index in [1.165, 1.54) is 0 Å². The average Bonchev–Trinajstić information content (AvgIpc) is 2.30. The second-order valence-electron chi connectivity index (χ2n) is 3.14. The van der Waals surface area contributed by atoms with Crippen LogP contribution >= 0.6 is 11.8 Å². The number of nitrogen functional groups attached to an aromatic ring is 1. The first-order valence-electron chi connectivity index (χ1n) is 4.96. The lowest BCUT2D eigenvalue weighted by molar-refractivity contribution is 0.415. The Balaban J connectivity index is 2.40. The molecule has 16 heavy (non-hydrogen) atoms. The SMILES string of the molecule is C#CCSCCNc1ccc(OC)cc1N. The van der Waals surface area contributed by atoms with Crippen molar-refractivity contribution in [2.75, 3.05) is 36.2 Å². The molecule has 0 heterocycles. The van der Waals surface area contributed by atoms with Crippen molar-refractivity contribution in [3.63, 3.8) is 0 Å². The molecule has 86 valence electrons. The third-order valence-corrected chi connectivity index (χ3v) is 2.87. The molecule has 0 spiro atoms. The summed E-state index contributed by atoms with van der Waals surface area (Å²) in [6, 6.07) is 5.60. The number of ether oxygens (including phenoxy) is 1. The Morgan fingerprint density at radius 2 is 2.38 bits per heavy atom. The quantitative estimate of drug-likeness (QED) is 0.451. The van der Waals surface area contributed by atoms with Crippen LogP contribution < -0.4 is 15.8 Å². The van der Waals surface area contributed by atoms with Crippen molar-refractivity contribution in [3.05, 3.63) is 18.2 Å². The topological polar surface area (TPSA) is 47.3 Å². The van der Waals surface area contributed by atoms with Crippen LogP contribution in [0, 0.1) is 12.3 Å². The Bertz CT molecular complexity index is 374. The Kier molecular flexibility index (Phi) is 5.44. The van der Waals surface area contributed by atoms with E-state index in [0.29, 0.717) is 5.69 Å². The molecule has 0 saturated carbocycles. The number of nitrogens with one attached hydrogen (secondary N) is 1. The third kappa shape index (κ3) is 3.95. The zero-order valence-electron chi connectivity index (χ0n) is 9.32. The second kappa shape index (κ2) is 6.91. The van der Waals surface area contributed by atoms with Crippen LogP contribution in [0.2, 0.25) is 0 Å². The number of methoxy groups -OCH3 is 1. The number of terminal acetylenes is 1. The van der Waals surface area contributed by atoms with E-state index in [0.717, 1.165) is 29.5 Å². The largest absolute Gasteiger partial charge is 0.497 e. The van der Waals surface area contributed by atoms with Crippen molar-refractivity contribution in [3.8, 4) is 18.1 Å². The van der Waals surface area contributed by atoms with Gasteiger partial charge in [0.25, 0.3) is 0 Å². The number of hydrogen-bond acceptors (Lipinski definition) is 4. The maximum Gasteiger partial charge on any atom is 0.121 e. The molecule has 0 atom stereocenters. The maximum absolute atomic E-state index is 5.86. The Morgan fingerprint density at radius 3 is 3.00 bits per heavy atom. The van der Waals surface area contributed by atoms with Crippen LogP contribution in [0.15, 0.2) is 18.2 Å². The highest BCUT2D eigenvalue weighted by molar-refractivity contribution is 7.99. The summed E-state index contributed by atoms with van der Waals surface area (Å²) in [5.41, 5.74) is 7.48. The molecule has 0 amide bonds. The molecule has 3 N–H and O–H groups in total. The van der Waals surface area contributed by atoms with Crippen molar-refractivity contribution in [2.45, 2.75) is 0 Å². The van der Waals surface area contributed by atoms with Gasteiger partial charge >= 0.3 is 0 Å². The summed E-state index contributed by atoms with van der Waals surface area (Å²) in [6.45, 7) is 0.850. The lowest BCUT2D eigenvalue weighted by Gasteiger charge is -2.10. The predicted molar refractivity (Wildman–Crippen MR) is 72.1 cm³/mol. The van der Waals surface area contributed by atoms with E-state index in [1.807, 2.05) is 12.1 Å². The van der Waals surface area contributed by atoms with E-state index in [2.05, 4.69) is 11.2 Å².